The average molecular weight is 302 g/mol. The highest BCUT2D eigenvalue weighted by Gasteiger charge is 2.17. The van der Waals surface area contributed by atoms with Crippen molar-refractivity contribution in [3.05, 3.63) is 41.6 Å². The Bertz CT molecular complexity index is 658. The fourth-order valence-corrected chi connectivity index (χ4v) is 1.34. The van der Waals surface area contributed by atoms with Crippen molar-refractivity contribution < 1.29 is 19.5 Å². The van der Waals surface area contributed by atoms with Crippen molar-refractivity contribution >= 4 is 23.5 Å². The molecule has 0 heterocycles. The molecule has 2 amide bonds. The Morgan fingerprint density at radius 3 is 2.41 bits per heavy atom. The normalized spacial score (nSPS) is 11.9. The number of aliphatic carboxylic acids is 1. The Kier molecular flexibility index (Phi) is 5.66. The predicted molar refractivity (Wildman–Crippen MR) is 77.3 cm³/mol. The number of benzene rings is 1. The van der Waals surface area contributed by atoms with Crippen LogP contribution in [0.15, 0.2) is 36.0 Å². The van der Waals surface area contributed by atoms with Crippen LogP contribution in [-0.2, 0) is 9.59 Å². The van der Waals surface area contributed by atoms with Gasteiger partial charge in [-0.05, 0) is 31.2 Å². The zero-order valence-corrected chi connectivity index (χ0v) is 11.7. The number of hydrogen-bond acceptors (Lipinski definition) is 5. The van der Waals surface area contributed by atoms with E-state index in [1.807, 2.05) is 0 Å². The minimum absolute atomic E-state index is 0.294. The molecule has 1 rings (SSSR count). The first kappa shape index (κ1) is 16.7. The summed E-state index contributed by atoms with van der Waals surface area (Å²) in [6, 6.07) is 6.46. The quantitative estimate of drug-likeness (QED) is 0.342. The van der Waals surface area contributed by atoms with Gasteiger partial charge in [0.05, 0.1) is 0 Å². The van der Waals surface area contributed by atoms with Crippen molar-refractivity contribution in [2.75, 3.05) is 5.73 Å². The lowest BCUT2D eigenvalue weighted by molar-refractivity contribution is -0.140. The van der Waals surface area contributed by atoms with Gasteiger partial charge in [0.15, 0.2) is 0 Å². The summed E-state index contributed by atoms with van der Waals surface area (Å²) in [5, 5.41) is 21.9. The third kappa shape index (κ3) is 4.64. The maximum Gasteiger partial charge on any atom is 0.325 e. The number of amides is 2. The number of carboxylic acids is 1. The van der Waals surface area contributed by atoms with E-state index in [9.17, 15) is 14.4 Å². The van der Waals surface area contributed by atoms with Gasteiger partial charge >= 0.3 is 5.97 Å². The van der Waals surface area contributed by atoms with Gasteiger partial charge < -0.3 is 21.5 Å². The lowest BCUT2D eigenvalue weighted by Gasteiger charge is -2.08. The van der Waals surface area contributed by atoms with Crippen LogP contribution >= 0.6 is 0 Å². The molecule has 114 valence electrons. The smallest absolute Gasteiger partial charge is 0.325 e. The first-order valence-corrected chi connectivity index (χ1v) is 6.15. The Labute approximate surface area is 126 Å². The molecule has 1 atom stereocenters. The predicted octanol–water partition coefficient (Wildman–Crippen LogP) is -0.00462. The van der Waals surface area contributed by atoms with Crippen LogP contribution in [-0.4, -0.2) is 28.9 Å². The van der Waals surface area contributed by atoms with Crippen molar-refractivity contribution in [3.63, 3.8) is 0 Å². The minimum Gasteiger partial charge on any atom is -0.480 e. The number of hydrogen-bond donors (Lipinski definition) is 4. The maximum atomic E-state index is 11.8. The number of nitrogens with one attached hydrogen (secondary N) is 2. The molecule has 0 aliphatic rings. The van der Waals surface area contributed by atoms with Gasteiger partial charge in [0.25, 0.3) is 11.8 Å². The number of rotatable bonds is 5. The molecule has 1 aromatic carbocycles. The maximum absolute atomic E-state index is 11.8. The number of nitrogens with two attached hydrogens (primary N) is 1. The summed E-state index contributed by atoms with van der Waals surface area (Å²) >= 11 is 0. The molecule has 0 radical (unpaired) electrons. The zero-order valence-electron chi connectivity index (χ0n) is 11.7. The third-order valence-electron chi connectivity index (χ3n) is 2.60. The second kappa shape index (κ2) is 7.44. The van der Waals surface area contributed by atoms with Crippen molar-refractivity contribution in [2.45, 2.75) is 13.0 Å². The lowest BCUT2D eigenvalue weighted by Crippen LogP contribution is -2.39. The highest BCUT2D eigenvalue weighted by molar-refractivity contribution is 6.00. The lowest BCUT2D eigenvalue weighted by atomic mass is 10.2. The first-order chi connectivity index (χ1) is 10.3. The molecule has 5 N–H and O–H groups in total. The van der Waals surface area contributed by atoms with Crippen molar-refractivity contribution in [3.8, 4) is 6.07 Å². The summed E-state index contributed by atoms with van der Waals surface area (Å²) in [5.41, 5.74) is 5.86. The van der Waals surface area contributed by atoms with Crippen LogP contribution in [0.4, 0.5) is 5.69 Å². The number of carbonyl (C=O) groups is 3. The van der Waals surface area contributed by atoms with E-state index in [-0.39, 0.29) is 0 Å². The summed E-state index contributed by atoms with van der Waals surface area (Å²) in [7, 11) is 0. The largest absolute Gasteiger partial charge is 0.480 e. The molecule has 0 bridgehead atoms. The van der Waals surface area contributed by atoms with Crippen LogP contribution in [0, 0.1) is 11.3 Å². The van der Waals surface area contributed by atoms with E-state index in [1.54, 1.807) is 6.07 Å². The number of anilines is 1. The van der Waals surface area contributed by atoms with E-state index in [4.69, 9.17) is 16.1 Å². The summed E-state index contributed by atoms with van der Waals surface area (Å²) in [5.74, 6) is -2.67. The fourth-order valence-electron chi connectivity index (χ4n) is 1.34. The molecule has 8 nitrogen and oxygen atoms in total. The van der Waals surface area contributed by atoms with Gasteiger partial charge in [0.2, 0.25) is 0 Å². The molecule has 8 heteroatoms. The van der Waals surface area contributed by atoms with Crippen LogP contribution in [0.2, 0.25) is 0 Å². The van der Waals surface area contributed by atoms with Gasteiger partial charge in [-0.3, -0.25) is 14.4 Å². The number of nitriles is 1. The molecule has 0 saturated carbocycles. The first-order valence-electron chi connectivity index (χ1n) is 6.15. The summed E-state index contributed by atoms with van der Waals surface area (Å²) in [4.78, 5) is 34.1. The van der Waals surface area contributed by atoms with E-state index in [1.165, 1.54) is 31.2 Å². The van der Waals surface area contributed by atoms with Crippen molar-refractivity contribution in [2.24, 2.45) is 0 Å². The summed E-state index contributed by atoms with van der Waals surface area (Å²) in [6.07, 6.45) is 0.919. The number of carbonyl (C=O) groups excluding carboxylic acids is 2. The van der Waals surface area contributed by atoms with E-state index in [2.05, 4.69) is 10.6 Å². The Hall–Kier alpha value is -3.34. The molecule has 0 saturated heterocycles. The molecule has 0 aromatic heterocycles. The van der Waals surface area contributed by atoms with Gasteiger partial charge in [0.1, 0.15) is 17.7 Å². The molecule has 1 unspecified atom stereocenters. The van der Waals surface area contributed by atoms with Gasteiger partial charge in [0, 0.05) is 17.5 Å². The highest BCUT2D eigenvalue weighted by atomic mass is 16.4. The topological polar surface area (TPSA) is 145 Å². The van der Waals surface area contributed by atoms with E-state index in [0.717, 1.165) is 6.20 Å². The average Bonchev–Trinajstić information content (AvgIpc) is 2.48. The minimum atomic E-state index is -1.24. The van der Waals surface area contributed by atoms with Crippen LogP contribution in [0.1, 0.15) is 17.3 Å². The van der Waals surface area contributed by atoms with Crippen molar-refractivity contribution in [1.82, 2.24) is 10.6 Å². The van der Waals surface area contributed by atoms with E-state index < -0.39 is 29.4 Å². The molecule has 1 aromatic rings. The van der Waals surface area contributed by atoms with Crippen LogP contribution < -0.4 is 16.4 Å². The van der Waals surface area contributed by atoms with E-state index in [0.29, 0.717) is 11.3 Å². The van der Waals surface area contributed by atoms with Crippen LogP contribution in [0.25, 0.3) is 0 Å². The van der Waals surface area contributed by atoms with Crippen molar-refractivity contribution in [1.29, 1.82) is 5.26 Å². The number of nitrogens with zero attached hydrogens (tertiary/aromatic N) is 1. The molecular formula is C14H14N4O4. The standard InChI is InChI=1S/C14H14N4O4/c1-8(14(21)22)18-13(20)10(6-15)7-17-12(19)9-2-4-11(16)5-3-9/h2-5,7-8H,16H2,1H3,(H,17,19)(H,18,20)(H,21,22)/b10-7-. The van der Waals surface area contributed by atoms with Gasteiger partial charge in [-0.25, -0.2) is 0 Å². The van der Waals surface area contributed by atoms with Gasteiger partial charge in [-0.1, -0.05) is 0 Å². The number of nitrogen functional groups attached to an aromatic ring is 1. The molecule has 0 fully saturated rings. The van der Waals surface area contributed by atoms with Crippen LogP contribution in [0.3, 0.4) is 0 Å². The second-order valence-corrected chi connectivity index (χ2v) is 4.30. The molecule has 0 spiro atoms. The Balaban J connectivity index is 2.75. The second-order valence-electron chi connectivity index (χ2n) is 4.30. The molecule has 22 heavy (non-hydrogen) atoms. The van der Waals surface area contributed by atoms with Gasteiger partial charge in [-0.2, -0.15) is 5.26 Å². The van der Waals surface area contributed by atoms with E-state index >= 15 is 0 Å². The molecular weight excluding hydrogens is 288 g/mol. The molecule has 0 aliphatic carbocycles. The SMILES string of the molecule is CC(NC(=O)/C(C#N)=C\NC(=O)c1ccc(N)cc1)C(=O)O. The summed E-state index contributed by atoms with van der Waals surface area (Å²) in [6.45, 7) is 1.25. The van der Waals surface area contributed by atoms with Gasteiger partial charge in [-0.15, -0.1) is 0 Å². The summed E-state index contributed by atoms with van der Waals surface area (Å²) < 4.78 is 0. The third-order valence-corrected chi connectivity index (χ3v) is 2.60. The molecule has 0 aliphatic heterocycles. The van der Waals surface area contributed by atoms with Crippen LogP contribution in [0.5, 0.6) is 0 Å². The number of carboxylic acid groups (broad SMARTS) is 1. The monoisotopic (exact) mass is 302 g/mol. The Morgan fingerprint density at radius 2 is 1.91 bits per heavy atom. The fraction of sp³-hybridized carbons (Fsp3) is 0.143. The highest BCUT2D eigenvalue weighted by Crippen LogP contribution is 2.05. The zero-order chi connectivity index (χ0) is 16.7. The Morgan fingerprint density at radius 1 is 1.32 bits per heavy atom.